The number of carbonyl (C=O) groups is 2. The van der Waals surface area contributed by atoms with Crippen LogP contribution in [0.4, 0.5) is 10.5 Å². The molecule has 2 rings (SSSR count). The maximum atomic E-state index is 12.6. The minimum Gasteiger partial charge on any atom is -0.481 e. The number of aryl methyl sites for hydroxylation is 1. The first kappa shape index (κ1) is 15.4. The van der Waals surface area contributed by atoms with Crippen LogP contribution in [0.2, 0.25) is 0 Å². The summed E-state index contributed by atoms with van der Waals surface area (Å²) in [7, 11) is 0. The van der Waals surface area contributed by atoms with Crippen LogP contribution in [0, 0.1) is 18.8 Å². The molecule has 1 aromatic rings. The molecule has 1 N–H and O–H groups in total. The van der Waals surface area contributed by atoms with E-state index in [-0.39, 0.29) is 18.5 Å². The lowest BCUT2D eigenvalue weighted by Gasteiger charge is -2.27. The van der Waals surface area contributed by atoms with Gasteiger partial charge < -0.3 is 10.0 Å². The van der Waals surface area contributed by atoms with Crippen LogP contribution in [-0.2, 0) is 4.79 Å². The molecule has 0 unspecified atom stereocenters. The molecule has 21 heavy (non-hydrogen) atoms. The first-order valence-electron chi connectivity index (χ1n) is 7.30. The van der Waals surface area contributed by atoms with Crippen molar-refractivity contribution in [1.82, 2.24) is 4.90 Å². The predicted octanol–water partition coefficient (Wildman–Crippen LogP) is 2.59. The number of carboxylic acid groups (broad SMARTS) is 1. The number of carbonyl (C=O) groups excluding carboxylic acids is 1. The number of hydrogen-bond acceptors (Lipinski definition) is 2. The van der Waals surface area contributed by atoms with E-state index in [4.69, 9.17) is 0 Å². The summed E-state index contributed by atoms with van der Waals surface area (Å²) in [6.45, 7) is 7.15. The first-order chi connectivity index (χ1) is 9.93. The Balaban J connectivity index is 2.14. The van der Waals surface area contributed by atoms with Crippen LogP contribution < -0.4 is 4.90 Å². The zero-order chi connectivity index (χ0) is 15.6. The zero-order valence-corrected chi connectivity index (χ0v) is 12.7. The van der Waals surface area contributed by atoms with Gasteiger partial charge in [0.2, 0.25) is 0 Å². The van der Waals surface area contributed by atoms with Gasteiger partial charge >= 0.3 is 12.0 Å². The third kappa shape index (κ3) is 3.17. The van der Waals surface area contributed by atoms with Crippen molar-refractivity contribution in [2.45, 2.75) is 20.8 Å². The van der Waals surface area contributed by atoms with Crippen LogP contribution in [0.15, 0.2) is 24.3 Å². The van der Waals surface area contributed by atoms with Crippen LogP contribution in [0.3, 0.4) is 0 Å². The predicted molar refractivity (Wildman–Crippen MR) is 81.5 cm³/mol. The van der Waals surface area contributed by atoms with Gasteiger partial charge in [-0.15, -0.1) is 0 Å². The maximum Gasteiger partial charge on any atom is 0.324 e. The second-order valence-corrected chi connectivity index (χ2v) is 5.69. The maximum absolute atomic E-state index is 12.6. The Morgan fingerprint density at radius 2 is 1.90 bits per heavy atom. The molecule has 0 radical (unpaired) electrons. The number of benzene rings is 1. The molecule has 5 heteroatoms. The van der Waals surface area contributed by atoms with Gasteiger partial charge in [-0.2, -0.15) is 0 Å². The molecule has 1 aliphatic heterocycles. The number of aliphatic carboxylic acids is 1. The van der Waals surface area contributed by atoms with Crippen LogP contribution in [-0.4, -0.2) is 41.6 Å². The number of carboxylic acids is 1. The number of nitrogens with zero attached hydrogens (tertiary/aromatic N) is 2. The third-order valence-electron chi connectivity index (χ3n) is 4.09. The highest BCUT2D eigenvalue weighted by molar-refractivity contribution is 5.92. The highest BCUT2D eigenvalue weighted by atomic mass is 16.4. The van der Waals surface area contributed by atoms with Gasteiger partial charge in [-0.25, -0.2) is 4.79 Å². The van der Waals surface area contributed by atoms with Gasteiger partial charge in [0.15, 0.2) is 0 Å². The van der Waals surface area contributed by atoms with Gasteiger partial charge in [0.1, 0.15) is 0 Å². The molecule has 5 nitrogen and oxygen atoms in total. The molecular weight excluding hydrogens is 268 g/mol. The average molecular weight is 290 g/mol. The molecule has 1 aliphatic rings. The monoisotopic (exact) mass is 290 g/mol. The fourth-order valence-electron chi connectivity index (χ4n) is 2.77. The molecule has 0 aliphatic carbocycles. The molecule has 1 heterocycles. The summed E-state index contributed by atoms with van der Waals surface area (Å²) in [5.74, 6) is -1.30. The summed E-state index contributed by atoms with van der Waals surface area (Å²) in [4.78, 5) is 27.1. The number of rotatable bonds is 3. The summed E-state index contributed by atoms with van der Waals surface area (Å²) >= 11 is 0. The van der Waals surface area contributed by atoms with Crippen molar-refractivity contribution in [3.8, 4) is 0 Å². The number of likely N-dealkylation sites (tertiary alicyclic amines) is 1. The van der Waals surface area contributed by atoms with Crippen molar-refractivity contribution in [2.24, 2.45) is 11.8 Å². The van der Waals surface area contributed by atoms with Gasteiger partial charge in [0.05, 0.1) is 5.92 Å². The summed E-state index contributed by atoms with van der Waals surface area (Å²) in [6.07, 6.45) is 0. The quantitative estimate of drug-likeness (QED) is 0.930. The minimum atomic E-state index is -0.823. The molecular formula is C16H22N2O3. The van der Waals surface area contributed by atoms with Crippen LogP contribution >= 0.6 is 0 Å². The highest BCUT2D eigenvalue weighted by Crippen LogP contribution is 2.26. The number of urea groups is 1. The Morgan fingerprint density at radius 3 is 2.38 bits per heavy atom. The molecule has 114 valence electrons. The van der Waals surface area contributed by atoms with Crippen molar-refractivity contribution >= 4 is 17.7 Å². The Kier molecular flexibility index (Phi) is 4.50. The Bertz CT molecular complexity index is 527. The highest BCUT2D eigenvalue weighted by Gasteiger charge is 2.38. The van der Waals surface area contributed by atoms with Crippen molar-refractivity contribution in [1.29, 1.82) is 0 Å². The molecule has 0 spiro atoms. The normalized spacial score (nSPS) is 21.4. The second kappa shape index (κ2) is 6.16. The smallest absolute Gasteiger partial charge is 0.324 e. The molecule has 1 saturated heterocycles. The lowest BCUT2D eigenvalue weighted by Crippen LogP contribution is -2.42. The lowest BCUT2D eigenvalue weighted by atomic mass is 9.99. The number of amides is 2. The van der Waals surface area contributed by atoms with Gasteiger partial charge in [-0.05, 0) is 31.9 Å². The second-order valence-electron chi connectivity index (χ2n) is 5.69. The van der Waals surface area contributed by atoms with E-state index in [2.05, 4.69) is 0 Å². The Labute approximate surface area is 125 Å². The largest absolute Gasteiger partial charge is 0.481 e. The van der Waals surface area contributed by atoms with E-state index in [0.717, 1.165) is 11.3 Å². The molecule has 2 atom stereocenters. The van der Waals surface area contributed by atoms with Gasteiger partial charge in [0, 0.05) is 25.3 Å². The van der Waals surface area contributed by atoms with Gasteiger partial charge in [0.25, 0.3) is 0 Å². The zero-order valence-electron chi connectivity index (χ0n) is 12.7. The van der Waals surface area contributed by atoms with Crippen molar-refractivity contribution in [3.05, 3.63) is 29.8 Å². The fraction of sp³-hybridized carbons (Fsp3) is 0.500. The SMILES string of the molecule is CCN(C(=O)N1C[C@@H](C)[C@H](C(=O)O)C1)c1ccc(C)cc1. The summed E-state index contributed by atoms with van der Waals surface area (Å²) in [5.41, 5.74) is 1.99. The van der Waals surface area contributed by atoms with E-state index < -0.39 is 11.9 Å². The minimum absolute atomic E-state index is 0.0110. The average Bonchev–Trinajstić information content (AvgIpc) is 2.84. The van der Waals surface area contributed by atoms with E-state index in [1.165, 1.54) is 0 Å². The summed E-state index contributed by atoms with van der Waals surface area (Å²) in [5, 5.41) is 9.18. The summed E-state index contributed by atoms with van der Waals surface area (Å²) < 4.78 is 0. The van der Waals surface area contributed by atoms with E-state index in [0.29, 0.717) is 13.1 Å². The van der Waals surface area contributed by atoms with Crippen LogP contribution in [0.25, 0.3) is 0 Å². The summed E-state index contributed by atoms with van der Waals surface area (Å²) in [6, 6.07) is 7.67. The number of hydrogen-bond donors (Lipinski definition) is 1. The molecule has 2 amide bonds. The fourth-order valence-corrected chi connectivity index (χ4v) is 2.77. The molecule has 1 fully saturated rings. The Morgan fingerprint density at radius 1 is 1.29 bits per heavy atom. The topological polar surface area (TPSA) is 60.9 Å². The van der Waals surface area contributed by atoms with E-state index in [1.54, 1.807) is 9.80 Å². The van der Waals surface area contributed by atoms with Crippen molar-refractivity contribution in [3.63, 3.8) is 0 Å². The van der Waals surface area contributed by atoms with E-state index >= 15 is 0 Å². The molecule has 0 aromatic heterocycles. The lowest BCUT2D eigenvalue weighted by molar-refractivity contribution is -0.142. The standard InChI is InChI=1S/C16H22N2O3/c1-4-18(13-7-5-11(2)6-8-13)16(21)17-9-12(3)14(10-17)15(19)20/h5-8,12,14H,4,9-10H2,1-3H3,(H,19,20)/t12-,14-/m1/s1. The molecule has 0 saturated carbocycles. The van der Waals surface area contributed by atoms with Crippen molar-refractivity contribution < 1.29 is 14.7 Å². The van der Waals surface area contributed by atoms with E-state index in [1.807, 2.05) is 45.0 Å². The van der Waals surface area contributed by atoms with Crippen LogP contribution in [0.1, 0.15) is 19.4 Å². The van der Waals surface area contributed by atoms with Gasteiger partial charge in [-0.3, -0.25) is 9.69 Å². The number of anilines is 1. The van der Waals surface area contributed by atoms with Crippen molar-refractivity contribution in [2.75, 3.05) is 24.5 Å². The molecule has 0 bridgehead atoms. The molecule has 1 aromatic carbocycles. The Hall–Kier alpha value is -2.04. The van der Waals surface area contributed by atoms with Gasteiger partial charge in [-0.1, -0.05) is 24.6 Å². The third-order valence-corrected chi connectivity index (χ3v) is 4.09. The first-order valence-corrected chi connectivity index (χ1v) is 7.30. The van der Waals surface area contributed by atoms with Crippen LogP contribution in [0.5, 0.6) is 0 Å². The van der Waals surface area contributed by atoms with E-state index in [9.17, 15) is 14.7 Å².